The van der Waals surface area contributed by atoms with E-state index in [1.807, 2.05) is 12.1 Å². The van der Waals surface area contributed by atoms with Crippen molar-refractivity contribution < 1.29 is 0 Å². The van der Waals surface area contributed by atoms with Gasteiger partial charge in [0.15, 0.2) is 0 Å². The number of hydrogen-bond donors (Lipinski definition) is 0. The second-order valence-corrected chi connectivity index (χ2v) is 8.67. The molecule has 156 valence electrons. The van der Waals surface area contributed by atoms with Gasteiger partial charge in [-0.05, 0) is 55.4 Å². The van der Waals surface area contributed by atoms with Crippen molar-refractivity contribution in [3.05, 3.63) is 132 Å². The Hall–Kier alpha value is -3.87. The van der Waals surface area contributed by atoms with Crippen LogP contribution in [0.25, 0.3) is 54.9 Å². The fourth-order valence-corrected chi connectivity index (χ4v) is 5.15. The molecule has 0 atom stereocenters. The minimum Gasteiger partial charge on any atom is -0.0836 e. The van der Waals surface area contributed by atoms with E-state index < -0.39 is 0 Å². The fraction of sp³-hybridized carbons (Fsp3) is 0. The molecule has 0 fully saturated rings. The zero-order valence-corrected chi connectivity index (χ0v) is 18.8. The van der Waals surface area contributed by atoms with Crippen LogP contribution in [0.2, 0.25) is 5.02 Å². The molecule has 0 bridgehead atoms. The Morgan fingerprint density at radius 3 is 1.76 bits per heavy atom. The molecule has 6 aromatic rings. The van der Waals surface area contributed by atoms with Crippen LogP contribution in [0.5, 0.6) is 0 Å². The molecule has 0 saturated heterocycles. The molecule has 6 aromatic carbocycles. The van der Waals surface area contributed by atoms with Crippen molar-refractivity contribution in [2.45, 2.75) is 0 Å². The third-order valence-electron chi connectivity index (χ3n) is 6.37. The van der Waals surface area contributed by atoms with Gasteiger partial charge < -0.3 is 0 Å². The molecule has 0 aliphatic heterocycles. The van der Waals surface area contributed by atoms with Gasteiger partial charge >= 0.3 is 0 Å². The average Bonchev–Trinajstić information content (AvgIpc) is 2.88. The molecule has 0 spiro atoms. The second-order valence-electron chi connectivity index (χ2n) is 8.26. The third-order valence-corrected chi connectivity index (χ3v) is 6.69. The molecule has 0 radical (unpaired) electrons. The van der Waals surface area contributed by atoms with Gasteiger partial charge in [-0.2, -0.15) is 0 Å². The van der Waals surface area contributed by atoms with Crippen molar-refractivity contribution in [2.75, 3.05) is 0 Å². The van der Waals surface area contributed by atoms with Gasteiger partial charge in [0.05, 0.1) is 0 Å². The number of hydrogen-bond acceptors (Lipinski definition) is 0. The minimum atomic E-state index is 0.764. The summed E-state index contributed by atoms with van der Waals surface area (Å²) in [5.74, 6) is 0. The highest BCUT2D eigenvalue weighted by Gasteiger charge is 2.16. The lowest BCUT2D eigenvalue weighted by Gasteiger charge is -2.17. The summed E-state index contributed by atoms with van der Waals surface area (Å²) in [5.41, 5.74) is 7.04. The Balaban J connectivity index is 1.66. The molecule has 0 aromatic heterocycles. The first-order chi connectivity index (χ1) is 16.3. The summed E-state index contributed by atoms with van der Waals surface area (Å²) >= 11 is 6.89. The first-order valence-corrected chi connectivity index (χ1v) is 11.5. The lowest BCUT2D eigenvalue weighted by Crippen LogP contribution is -1.91. The summed E-state index contributed by atoms with van der Waals surface area (Å²) in [6.07, 6.45) is 0. The van der Waals surface area contributed by atoms with E-state index in [0.717, 1.165) is 21.7 Å². The molecule has 0 unspecified atom stereocenters. The van der Waals surface area contributed by atoms with Gasteiger partial charge in [0, 0.05) is 10.6 Å². The number of fused-ring (bicyclic) bond motifs is 2. The molecule has 0 nitrogen and oxygen atoms in total. The van der Waals surface area contributed by atoms with E-state index in [1.54, 1.807) is 0 Å². The highest BCUT2D eigenvalue weighted by atomic mass is 35.5. The largest absolute Gasteiger partial charge is 0.0836 e. The van der Waals surface area contributed by atoms with E-state index >= 15 is 0 Å². The van der Waals surface area contributed by atoms with Crippen LogP contribution in [0.4, 0.5) is 0 Å². The summed E-state index contributed by atoms with van der Waals surface area (Å²) in [4.78, 5) is 0. The first-order valence-electron chi connectivity index (χ1n) is 11.2. The predicted molar refractivity (Wildman–Crippen MR) is 143 cm³/mol. The van der Waals surface area contributed by atoms with Crippen LogP contribution in [0.3, 0.4) is 0 Å². The SMILES string of the molecule is Clc1cccc(-c2ccc(-c3ccccc3)c3ccccc23)c1-c1cccc2ccccc12. The molecular formula is C32H21Cl. The van der Waals surface area contributed by atoms with E-state index in [4.69, 9.17) is 11.6 Å². The Morgan fingerprint density at radius 1 is 0.364 bits per heavy atom. The molecule has 1 heteroatoms. The van der Waals surface area contributed by atoms with Crippen LogP contribution < -0.4 is 0 Å². The second kappa shape index (κ2) is 8.24. The van der Waals surface area contributed by atoms with Crippen molar-refractivity contribution in [3.63, 3.8) is 0 Å². The van der Waals surface area contributed by atoms with E-state index in [0.29, 0.717) is 0 Å². The number of rotatable bonds is 3. The highest BCUT2D eigenvalue weighted by Crippen LogP contribution is 2.44. The molecule has 0 N–H and O–H groups in total. The van der Waals surface area contributed by atoms with Crippen molar-refractivity contribution >= 4 is 33.1 Å². The van der Waals surface area contributed by atoms with Gasteiger partial charge in [-0.25, -0.2) is 0 Å². The van der Waals surface area contributed by atoms with Crippen LogP contribution in [0.15, 0.2) is 127 Å². The topological polar surface area (TPSA) is 0 Å². The number of halogens is 1. The lowest BCUT2D eigenvalue weighted by molar-refractivity contribution is 1.61. The highest BCUT2D eigenvalue weighted by molar-refractivity contribution is 6.34. The van der Waals surface area contributed by atoms with Gasteiger partial charge in [0.1, 0.15) is 0 Å². The molecule has 0 aliphatic rings. The normalized spacial score (nSPS) is 11.2. The maximum Gasteiger partial charge on any atom is 0.0490 e. The average molecular weight is 441 g/mol. The molecule has 0 amide bonds. The third kappa shape index (κ3) is 3.40. The van der Waals surface area contributed by atoms with Gasteiger partial charge in [-0.1, -0.05) is 133 Å². The lowest BCUT2D eigenvalue weighted by atomic mass is 9.87. The van der Waals surface area contributed by atoms with Crippen LogP contribution in [-0.2, 0) is 0 Å². The van der Waals surface area contributed by atoms with Crippen molar-refractivity contribution in [3.8, 4) is 33.4 Å². The molecule has 0 aliphatic carbocycles. The van der Waals surface area contributed by atoms with Gasteiger partial charge in [-0.3, -0.25) is 0 Å². The number of benzene rings is 6. The van der Waals surface area contributed by atoms with Crippen molar-refractivity contribution in [1.82, 2.24) is 0 Å². The zero-order chi connectivity index (χ0) is 22.2. The standard InChI is InChI=1S/C32H21Cl/c33-31-19-9-18-30(32(31)29-17-8-13-23-12-4-5-14-24(23)29)28-21-20-25(22-10-2-1-3-11-22)26-15-6-7-16-27(26)28/h1-21H. The Morgan fingerprint density at radius 2 is 0.939 bits per heavy atom. The predicted octanol–water partition coefficient (Wildman–Crippen LogP) is 9.65. The quantitative estimate of drug-likeness (QED) is 0.257. The van der Waals surface area contributed by atoms with Crippen molar-refractivity contribution in [1.29, 1.82) is 0 Å². The first kappa shape index (κ1) is 19.8. The van der Waals surface area contributed by atoms with E-state index in [9.17, 15) is 0 Å². The van der Waals surface area contributed by atoms with Gasteiger partial charge in [-0.15, -0.1) is 0 Å². The summed E-state index contributed by atoms with van der Waals surface area (Å²) in [6.45, 7) is 0. The molecule has 33 heavy (non-hydrogen) atoms. The van der Waals surface area contributed by atoms with Crippen LogP contribution >= 0.6 is 11.6 Å². The molecule has 0 saturated carbocycles. The molecule has 6 rings (SSSR count). The van der Waals surface area contributed by atoms with Crippen molar-refractivity contribution in [2.24, 2.45) is 0 Å². The summed E-state index contributed by atoms with van der Waals surface area (Å²) in [6, 6.07) is 44.9. The Labute approximate surface area is 198 Å². The minimum absolute atomic E-state index is 0.764. The van der Waals surface area contributed by atoms with E-state index in [2.05, 4.69) is 115 Å². The Kier molecular flexibility index (Phi) is 4.94. The summed E-state index contributed by atoms with van der Waals surface area (Å²) in [7, 11) is 0. The summed E-state index contributed by atoms with van der Waals surface area (Å²) in [5, 5.41) is 5.65. The van der Waals surface area contributed by atoms with Gasteiger partial charge in [0.2, 0.25) is 0 Å². The zero-order valence-electron chi connectivity index (χ0n) is 18.0. The fourth-order valence-electron chi connectivity index (χ4n) is 4.87. The summed E-state index contributed by atoms with van der Waals surface area (Å²) < 4.78 is 0. The van der Waals surface area contributed by atoms with Crippen LogP contribution in [0, 0.1) is 0 Å². The monoisotopic (exact) mass is 440 g/mol. The maximum atomic E-state index is 6.89. The van der Waals surface area contributed by atoms with E-state index in [-0.39, 0.29) is 0 Å². The van der Waals surface area contributed by atoms with Gasteiger partial charge in [0.25, 0.3) is 0 Å². The van der Waals surface area contributed by atoms with Crippen LogP contribution in [-0.4, -0.2) is 0 Å². The smallest absolute Gasteiger partial charge is 0.0490 e. The Bertz CT molecular complexity index is 1610. The maximum absolute atomic E-state index is 6.89. The molecule has 0 heterocycles. The van der Waals surface area contributed by atoms with E-state index in [1.165, 1.54) is 38.2 Å². The molecular weight excluding hydrogens is 420 g/mol. The van der Waals surface area contributed by atoms with Crippen LogP contribution in [0.1, 0.15) is 0 Å².